The van der Waals surface area contributed by atoms with Gasteiger partial charge in [0.15, 0.2) is 11.5 Å². The standard InChI is InChI=1S/C15H23NO3/c1-3-18-15-9-12(6-7-14(15)17-2)10-16-11-13-5-4-8-19-13/h6-7,9,13,16H,3-5,8,10-11H2,1-2H3. The van der Waals surface area contributed by atoms with Crippen LogP contribution in [0.5, 0.6) is 11.5 Å². The number of ether oxygens (including phenoxy) is 3. The number of hydrogen-bond donors (Lipinski definition) is 1. The summed E-state index contributed by atoms with van der Waals surface area (Å²) in [6.45, 7) is 5.26. The Morgan fingerprint density at radius 2 is 2.26 bits per heavy atom. The molecule has 1 aliphatic heterocycles. The van der Waals surface area contributed by atoms with Crippen molar-refractivity contribution < 1.29 is 14.2 Å². The molecular formula is C15H23NO3. The van der Waals surface area contributed by atoms with Gasteiger partial charge in [0, 0.05) is 19.7 Å². The molecule has 1 fully saturated rings. The molecule has 0 aromatic heterocycles. The largest absolute Gasteiger partial charge is 0.493 e. The fourth-order valence-electron chi connectivity index (χ4n) is 2.28. The number of rotatable bonds is 7. The van der Waals surface area contributed by atoms with E-state index in [0.717, 1.165) is 31.2 Å². The second-order valence-electron chi connectivity index (χ2n) is 4.68. The first-order chi connectivity index (χ1) is 9.33. The van der Waals surface area contributed by atoms with E-state index in [-0.39, 0.29) is 0 Å². The Kier molecular flexibility index (Phi) is 5.48. The van der Waals surface area contributed by atoms with Gasteiger partial charge >= 0.3 is 0 Å². The number of nitrogens with one attached hydrogen (secondary N) is 1. The molecule has 1 unspecified atom stereocenters. The molecule has 0 radical (unpaired) electrons. The highest BCUT2D eigenvalue weighted by molar-refractivity contribution is 5.42. The van der Waals surface area contributed by atoms with Crippen molar-refractivity contribution in [3.63, 3.8) is 0 Å². The van der Waals surface area contributed by atoms with Gasteiger partial charge in [0.2, 0.25) is 0 Å². The van der Waals surface area contributed by atoms with Crippen molar-refractivity contribution in [1.29, 1.82) is 0 Å². The Bertz CT molecular complexity index is 389. The topological polar surface area (TPSA) is 39.7 Å². The van der Waals surface area contributed by atoms with Crippen molar-refractivity contribution in [2.45, 2.75) is 32.4 Å². The molecule has 0 aliphatic carbocycles. The van der Waals surface area contributed by atoms with E-state index in [1.54, 1.807) is 7.11 Å². The first kappa shape index (κ1) is 14.2. The van der Waals surface area contributed by atoms with Crippen LogP contribution < -0.4 is 14.8 Å². The van der Waals surface area contributed by atoms with E-state index in [1.165, 1.54) is 18.4 Å². The lowest BCUT2D eigenvalue weighted by Gasteiger charge is -2.13. The smallest absolute Gasteiger partial charge is 0.161 e. The Morgan fingerprint density at radius 1 is 1.37 bits per heavy atom. The second kappa shape index (κ2) is 7.36. The Hall–Kier alpha value is -1.26. The van der Waals surface area contributed by atoms with Gasteiger partial charge in [-0.05, 0) is 37.5 Å². The summed E-state index contributed by atoms with van der Waals surface area (Å²) in [5.74, 6) is 1.59. The number of methoxy groups -OCH3 is 1. The van der Waals surface area contributed by atoms with Crippen molar-refractivity contribution in [2.75, 3.05) is 26.9 Å². The van der Waals surface area contributed by atoms with Gasteiger partial charge in [0.25, 0.3) is 0 Å². The van der Waals surface area contributed by atoms with Crippen LogP contribution in [0.1, 0.15) is 25.3 Å². The summed E-state index contributed by atoms with van der Waals surface area (Å²) in [6.07, 6.45) is 2.73. The molecule has 0 amide bonds. The summed E-state index contributed by atoms with van der Waals surface area (Å²) in [4.78, 5) is 0. The van der Waals surface area contributed by atoms with Crippen molar-refractivity contribution >= 4 is 0 Å². The third-order valence-corrected chi connectivity index (χ3v) is 3.25. The zero-order chi connectivity index (χ0) is 13.5. The van der Waals surface area contributed by atoms with Gasteiger partial charge in [-0.1, -0.05) is 6.07 Å². The fraction of sp³-hybridized carbons (Fsp3) is 0.600. The van der Waals surface area contributed by atoms with Gasteiger partial charge in [0.05, 0.1) is 19.8 Å². The van der Waals surface area contributed by atoms with Gasteiger partial charge < -0.3 is 19.5 Å². The van der Waals surface area contributed by atoms with E-state index in [1.807, 2.05) is 19.1 Å². The SMILES string of the molecule is CCOc1cc(CNCC2CCCO2)ccc1OC. The highest BCUT2D eigenvalue weighted by Gasteiger charge is 2.14. The molecule has 106 valence electrons. The summed E-state index contributed by atoms with van der Waals surface area (Å²) >= 11 is 0. The molecule has 0 bridgehead atoms. The molecule has 2 rings (SSSR count). The molecular weight excluding hydrogens is 242 g/mol. The van der Waals surface area contributed by atoms with Crippen molar-refractivity contribution in [3.05, 3.63) is 23.8 Å². The molecule has 19 heavy (non-hydrogen) atoms. The Morgan fingerprint density at radius 3 is 2.95 bits per heavy atom. The average molecular weight is 265 g/mol. The highest BCUT2D eigenvalue weighted by atomic mass is 16.5. The first-order valence-corrected chi connectivity index (χ1v) is 6.95. The molecule has 1 aromatic rings. The summed E-state index contributed by atoms with van der Waals surface area (Å²) < 4.78 is 16.4. The Balaban J connectivity index is 1.86. The summed E-state index contributed by atoms with van der Waals surface area (Å²) in [6, 6.07) is 6.04. The number of benzene rings is 1. The third-order valence-electron chi connectivity index (χ3n) is 3.25. The summed E-state index contributed by atoms with van der Waals surface area (Å²) in [5.41, 5.74) is 1.20. The van der Waals surface area contributed by atoms with Crippen LogP contribution in [-0.2, 0) is 11.3 Å². The van der Waals surface area contributed by atoms with Crippen LogP contribution >= 0.6 is 0 Å². The first-order valence-electron chi connectivity index (χ1n) is 6.95. The zero-order valence-corrected chi connectivity index (χ0v) is 11.8. The van der Waals surface area contributed by atoms with E-state index in [4.69, 9.17) is 14.2 Å². The van der Waals surface area contributed by atoms with E-state index in [2.05, 4.69) is 11.4 Å². The van der Waals surface area contributed by atoms with Crippen molar-refractivity contribution in [2.24, 2.45) is 0 Å². The fourth-order valence-corrected chi connectivity index (χ4v) is 2.28. The minimum absolute atomic E-state index is 0.379. The minimum atomic E-state index is 0.379. The summed E-state index contributed by atoms with van der Waals surface area (Å²) in [7, 11) is 1.66. The maximum absolute atomic E-state index is 5.58. The molecule has 0 saturated carbocycles. The Labute approximate surface area is 115 Å². The lowest BCUT2D eigenvalue weighted by Crippen LogP contribution is -2.25. The maximum Gasteiger partial charge on any atom is 0.161 e. The molecule has 0 spiro atoms. The summed E-state index contributed by atoms with van der Waals surface area (Å²) in [5, 5.41) is 3.43. The minimum Gasteiger partial charge on any atom is -0.493 e. The lowest BCUT2D eigenvalue weighted by atomic mass is 10.2. The molecule has 4 heteroatoms. The third kappa shape index (κ3) is 4.11. The normalized spacial score (nSPS) is 18.5. The van der Waals surface area contributed by atoms with Crippen LogP contribution in [0.15, 0.2) is 18.2 Å². The van der Waals surface area contributed by atoms with Gasteiger partial charge in [-0.3, -0.25) is 0 Å². The number of hydrogen-bond acceptors (Lipinski definition) is 4. The zero-order valence-electron chi connectivity index (χ0n) is 11.8. The predicted octanol–water partition coefficient (Wildman–Crippen LogP) is 2.36. The van der Waals surface area contributed by atoms with Gasteiger partial charge in [-0.15, -0.1) is 0 Å². The molecule has 1 atom stereocenters. The van der Waals surface area contributed by atoms with Gasteiger partial charge in [-0.2, -0.15) is 0 Å². The van der Waals surface area contributed by atoms with Crippen LogP contribution in [0.3, 0.4) is 0 Å². The predicted molar refractivity (Wildman–Crippen MR) is 74.8 cm³/mol. The van der Waals surface area contributed by atoms with Crippen LogP contribution in [0.25, 0.3) is 0 Å². The van der Waals surface area contributed by atoms with E-state index < -0.39 is 0 Å². The van der Waals surface area contributed by atoms with Crippen molar-refractivity contribution in [1.82, 2.24) is 5.32 Å². The van der Waals surface area contributed by atoms with E-state index in [0.29, 0.717) is 12.7 Å². The average Bonchev–Trinajstić information content (AvgIpc) is 2.93. The second-order valence-corrected chi connectivity index (χ2v) is 4.68. The molecule has 1 N–H and O–H groups in total. The lowest BCUT2D eigenvalue weighted by molar-refractivity contribution is 0.110. The van der Waals surface area contributed by atoms with Gasteiger partial charge in [-0.25, -0.2) is 0 Å². The molecule has 1 heterocycles. The van der Waals surface area contributed by atoms with E-state index >= 15 is 0 Å². The van der Waals surface area contributed by atoms with Crippen LogP contribution in [0.4, 0.5) is 0 Å². The molecule has 1 aromatic carbocycles. The monoisotopic (exact) mass is 265 g/mol. The highest BCUT2D eigenvalue weighted by Crippen LogP contribution is 2.28. The molecule has 1 aliphatic rings. The van der Waals surface area contributed by atoms with Crippen LogP contribution in [0, 0.1) is 0 Å². The van der Waals surface area contributed by atoms with Crippen molar-refractivity contribution in [3.8, 4) is 11.5 Å². The van der Waals surface area contributed by atoms with Crippen LogP contribution in [-0.4, -0.2) is 33.0 Å². The van der Waals surface area contributed by atoms with Gasteiger partial charge in [0.1, 0.15) is 0 Å². The maximum atomic E-state index is 5.58. The van der Waals surface area contributed by atoms with E-state index in [9.17, 15) is 0 Å². The quantitative estimate of drug-likeness (QED) is 0.821. The molecule has 1 saturated heterocycles. The van der Waals surface area contributed by atoms with Crippen LogP contribution in [0.2, 0.25) is 0 Å². The molecule has 4 nitrogen and oxygen atoms in total.